The predicted octanol–water partition coefficient (Wildman–Crippen LogP) is 3.33. The van der Waals surface area contributed by atoms with Crippen molar-refractivity contribution in [2.24, 2.45) is 0 Å². The molecule has 2 aromatic carbocycles. The Morgan fingerprint density at radius 1 is 0.413 bits per heavy atom. The number of hydrogen-bond donors (Lipinski definition) is 0. The number of carbonyl (C=O) groups excluding carboxylic acids is 4. The number of aromatic nitrogens is 4. The standard InChI is InChI=1S/C32H34N10O4/c1-37(2)29(43)21-22(30(44)38(3)4)34-26-25(33-21)41(19-15-11-9-12-16-19)27-28(42(26)20-17-13-10-14-18-20)36-24(32(46)40(7)8)23(35-27)31(45)39(5)6/h9-18H,1-8H3. The van der Waals surface area contributed by atoms with Crippen LogP contribution in [0.15, 0.2) is 60.7 Å². The Kier molecular flexibility index (Phi) is 8.37. The lowest BCUT2D eigenvalue weighted by molar-refractivity contribution is 0.0781. The molecule has 0 fully saturated rings. The molecule has 14 heteroatoms. The minimum Gasteiger partial charge on any atom is -0.343 e. The van der Waals surface area contributed by atoms with Crippen molar-refractivity contribution in [3.63, 3.8) is 0 Å². The van der Waals surface area contributed by atoms with Crippen molar-refractivity contribution in [1.82, 2.24) is 39.5 Å². The number of anilines is 6. The van der Waals surface area contributed by atoms with Crippen LogP contribution < -0.4 is 9.80 Å². The molecule has 0 bridgehead atoms. The van der Waals surface area contributed by atoms with Crippen LogP contribution in [-0.4, -0.2) is 120 Å². The van der Waals surface area contributed by atoms with Crippen LogP contribution in [0.4, 0.5) is 34.6 Å². The van der Waals surface area contributed by atoms with Crippen LogP contribution in [0.3, 0.4) is 0 Å². The van der Waals surface area contributed by atoms with Gasteiger partial charge in [-0.25, -0.2) is 19.9 Å². The Morgan fingerprint density at radius 3 is 0.826 bits per heavy atom. The van der Waals surface area contributed by atoms with Crippen LogP contribution in [0.2, 0.25) is 0 Å². The van der Waals surface area contributed by atoms with Gasteiger partial charge in [-0.3, -0.25) is 29.0 Å². The summed E-state index contributed by atoms with van der Waals surface area (Å²) in [6.45, 7) is 0. The largest absolute Gasteiger partial charge is 0.343 e. The topological polar surface area (TPSA) is 139 Å². The Bertz CT molecular complexity index is 1610. The zero-order valence-electron chi connectivity index (χ0n) is 26.9. The Balaban J connectivity index is 1.97. The smallest absolute Gasteiger partial charge is 0.274 e. The van der Waals surface area contributed by atoms with Crippen molar-refractivity contribution in [3.05, 3.63) is 83.4 Å². The summed E-state index contributed by atoms with van der Waals surface area (Å²) in [4.78, 5) is 81.8. The third kappa shape index (κ3) is 5.44. The van der Waals surface area contributed by atoms with Crippen LogP contribution in [0.1, 0.15) is 42.0 Å². The van der Waals surface area contributed by atoms with Crippen LogP contribution >= 0.6 is 0 Å². The van der Waals surface area contributed by atoms with Gasteiger partial charge in [0.1, 0.15) is 0 Å². The Labute approximate surface area is 266 Å². The summed E-state index contributed by atoms with van der Waals surface area (Å²) in [6, 6.07) is 18.1. The second kappa shape index (κ2) is 12.2. The van der Waals surface area contributed by atoms with E-state index in [0.717, 1.165) is 0 Å². The number of carbonyl (C=O) groups is 4. The molecule has 0 saturated carbocycles. The average molecular weight is 623 g/mol. The molecule has 3 heterocycles. The molecule has 46 heavy (non-hydrogen) atoms. The Morgan fingerprint density at radius 2 is 0.630 bits per heavy atom. The van der Waals surface area contributed by atoms with Gasteiger partial charge in [-0.1, -0.05) is 36.4 Å². The highest BCUT2D eigenvalue weighted by Crippen LogP contribution is 2.51. The highest BCUT2D eigenvalue weighted by atomic mass is 16.2. The van der Waals surface area contributed by atoms with Gasteiger partial charge in [0.15, 0.2) is 46.0 Å². The maximum atomic E-state index is 13.5. The van der Waals surface area contributed by atoms with Crippen molar-refractivity contribution in [2.45, 2.75) is 0 Å². The van der Waals surface area contributed by atoms with E-state index in [4.69, 9.17) is 19.9 Å². The first-order valence-electron chi connectivity index (χ1n) is 14.2. The third-order valence-corrected chi connectivity index (χ3v) is 7.03. The molecule has 0 radical (unpaired) electrons. The molecule has 0 saturated heterocycles. The van der Waals surface area contributed by atoms with E-state index < -0.39 is 23.6 Å². The molecule has 0 N–H and O–H groups in total. The van der Waals surface area contributed by atoms with E-state index in [-0.39, 0.29) is 46.0 Å². The number of amides is 4. The lowest BCUT2D eigenvalue weighted by Crippen LogP contribution is -2.36. The molecular formula is C32H34N10O4. The van der Waals surface area contributed by atoms with Gasteiger partial charge in [0, 0.05) is 67.8 Å². The van der Waals surface area contributed by atoms with Crippen LogP contribution in [0, 0.1) is 0 Å². The third-order valence-electron chi connectivity index (χ3n) is 7.03. The van der Waals surface area contributed by atoms with Gasteiger partial charge >= 0.3 is 0 Å². The quantitative estimate of drug-likeness (QED) is 0.277. The fourth-order valence-corrected chi connectivity index (χ4v) is 4.72. The zero-order chi connectivity index (χ0) is 33.4. The van der Waals surface area contributed by atoms with Crippen LogP contribution in [0.25, 0.3) is 0 Å². The van der Waals surface area contributed by atoms with Gasteiger partial charge in [-0.2, -0.15) is 0 Å². The van der Waals surface area contributed by atoms with Crippen molar-refractivity contribution < 1.29 is 19.2 Å². The minimum atomic E-state index is -0.535. The molecule has 236 valence electrons. The first-order valence-corrected chi connectivity index (χ1v) is 14.2. The van der Waals surface area contributed by atoms with Gasteiger partial charge in [-0.15, -0.1) is 0 Å². The van der Waals surface area contributed by atoms with E-state index >= 15 is 0 Å². The highest BCUT2D eigenvalue weighted by molar-refractivity contribution is 6.09. The molecule has 0 atom stereocenters. The average Bonchev–Trinajstić information content (AvgIpc) is 3.05. The molecule has 5 rings (SSSR count). The lowest BCUT2D eigenvalue weighted by Gasteiger charge is -2.37. The van der Waals surface area contributed by atoms with Crippen LogP contribution in [0.5, 0.6) is 0 Å². The van der Waals surface area contributed by atoms with Gasteiger partial charge in [-0.05, 0) is 24.3 Å². The van der Waals surface area contributed by atoms with Crippen LogP contribution in [-0.2, 0) is 0 Å². The van der Waals surface area contributed by atoms with Crippen molar-refractivity contribution >= 4 is 58.3 Å². The second-order valence-corrected chi connectivity index (χ2v) is 11.3. The molecule has 14 nitrogen and oxygen atoms in total. The molecule has 0 spiro atoms. The van der Waals surface area contributed by atoms with E-state index in [0.29, 0.717) is 11.4 Å². The molecule has 4 amide bonds. The number of rotatable bonds is 6. The van der Waals surface area contributed by atoms with Gasteiger partial charge in [0.25, 0.3) is 23.6 Å². The molecule has 1 aliphatic rings. The van der Waals surface area contributed by atoms with E-state index in [1.807, 2.05) is 36.4 Å². The van der Waals surface area contributed by atoms with Crippen molar-refractivity contribution in [2.75, 3.05) is 66.2 Å². The minimum absolute atomic E-state index is 0.160. The zero-order valence-corrected chi connectivity index (χ0v) is 26.9. The van der Waals surface area contributed by atoms with E-state index in [1.165, 1.54) is 19.6 Å². The van der Waals surface area contributed by atoms with E-state index in [1.54, 1.807) is 90.4 Å². The summed E-state index contributed by atoms with van der Waals surface area (Å²) in [7, 11) is 12.5. The predicted molar refractivity (Wildman–Crippen MR) is 173 cm³/mol. The van der Waals surface area contributed by atoms with Gasteiger partial charge in [0.2, 0.25) is 0 Å². The summed E-state index contributed by atoms with van der Waals surface area (Å²) in [5, 5.41) is 0. The number of hydrogen-bond acceptors (Lipinski definition) is 10. The molecule has 1 aliphatic heterocycles. The monoisotopic (exact) mass is 622 g/mol. The van der Waals surface area contributed by atoms with Crippen molar-refractivity contribution in [3.8, 4) is 0 Å². The summed E-state index contributed by atoms with van der Waals surface area (Å²) in [6.07, 6.45) is 0. The number of fused-ring (bicyclic) bond motifs is 2. The van der Waals surface area contributed by atoms with Gasteiger partial charge < -0.3 is 19.6 Å². The first kappa shape index (κ1) is 31.5. The fourth-order valence-electron chi connectivity index (χ4n) is 4.72. The molecule has 4 aromatic rings. The summed E-state index contributed by atoms with van der Waals surface area (Å²) in [5.74, 6) is -1.50. The summed E-state index contributed by atoms with van der Waals surface area (Å²) in [5.41, 5.74) is 0.444. The fraction of sp³-hybridized carbons (Fsp3) is 0.250. The van der Waals surface area contributed by atoms with Crippen molar-refractivity contribution in [1.29, 1.82) is 0 Å². The first-order chi connectivity index (χ1) is 21.8. The van der Waals surface area contributed by atoms with Gasteiger partial charge in [0.05, 0.1) is 0 Å². The highest BCUT2D eigenvalue weighted by Gasteiger charge is 2.41. The SMILES string of the molecule is CN(C)C(=O)c1nc2c(nc1C(=O)N(C)C)N(c1ccccc1)c1nc(C(=O)N(C)C)c(C(=O)N(C)C)nc1N2c1ccccc1. The molecular weight excluding hydrogens is 588 g/mol. The van der Waals surface area contributed by atoms with E-state index in [2.05, 4.69) is 0 Å². The number of benzene rings is 2. The lowest BCUT2D eigenvalue weighted by atomic mass is 10.1. The molecule has 0 aliphatic carbocycles. The summed E-state index contributed by atoms with van der Waals surface area (Å²) >= 11 is 0. The molecule has 2 aromatic heterocycles. The second-order valence-electron chi connectivity index (χ2n) is 11.3. The number of nitrogens with zero attached hydrogens (tertiary/aromatic N) is 10. The van der Waals surface area contributed by atoms with E-state index in [9.17, 15) is 19.2 Å². The maximum Gasteiger partial charge on any atom is 0.274 e. The maximum absolute atomic E-state index is 13.5. The molecule has 0 unspecified atom stereocenters. The number of para-hydroxylation sites is 2. The summed E-state index contributed by atoms with van der Waals surface area (Å²) < 4.78 is 0. The Hall–Kier alpha value is -5.92. The normalized spacial score (nSPS) is 11.7.